The van der Waals surface area contributed by atoms with Crippen molar-refractivity contribution in [2.24, 2.45) is 0 Å². The van der Waals surface area contributed by atoms with E-state index in [2.05, 4.69) is 4.98 Å². The highest BCUT2D eigenvalue weighted by molar-refractivity contribution is 7.17. The second-order valence-electron chi connectivity index (χ2n) is 8.62. The number of fused-ring (bicyclic) bond motifs is 3. The Morgan fingerprint density at radius 2 is 1.77 bits per heavy atom. The van der Waals surface area contributed by atoms with Gasteiger partial charge in [-0.2, -0.15) is 0 Å². The number of hydrogen-bond acceptors (Lipinski definition) is 4. The molecule has 1 atom stereocenters. The van der Waals surface area contributed by atoms with Gasteiger partial charge in [-0.25, -0.2) is 4.79 Å². The molecule has 2 heterocycles. The Labute approximate surface area is 183 Å². The first-order valence-corrected chi connectivity index (χ1v) is 10.9. The van der Waals surface area contributed by atoms with Crippen molar-refractivity contribution in [2.75, 3.05) is 0 Å². The van der Waals surface area contributed by atoms with Crippen LogP contribution in [0.4, 0.5) is 4.79 Å². The van der Waals surface area contributed by atoms with Gasteiger partial charge in [0.15, 0.2) is 0 Å². The largest absolute Gasteiger partial charge is 0.507 e. The van der Waals surface area contributed by atoms with Crippen LogP contribution in [-0.2, 0) is 0 Å². The van der Waals surface area contributed by atoms with Crippen LogP contribution in [0.25, 0.3) is 32.1 Å². The van der Waals surface area contributed by atoms with Crippen molar-refractivity contribution in [3.63, 3.8) is 0 Å². The monoisotopic (exact) mass is 436 g/mol. The van der Waals surface area contributed by atoms with Gasteiger partial charge < -0.3 is 15.2 Å². The van der Waals surface area contributed by atoms with E-state index in [-0.39, 0.29) is 17.4 Å². The Bertz CT molecular complexity index is 1350. The van der Waals surface area contributed by atoms with Gasteiger partial charge in [-0.3, -0.25) is 9.69 Å². The fraction of sp³-hybridized carbons (Fsp3) is 0.250. The molecular formula is C24H24N2O4S. The lowest BCUT2D eigenvalue weighted by molar-refractivity contribution is 0.0753. The number of carboxylic acid groups (broad SMARTS) is 1. The summed E-state index contributed by atoms with van der Waals surface area (Å²) in [6.07, 6.45) is -0.973. The van der Waals surface area contributed by atoms with Crippen LogP contribution in [0.2, 0.25) is 0 Å². The van der Waals surface area contributed by atoms with E-state index in [1.165, 1.54) is 16.2 Å². The van der Waals surface area contributed by atoms with Crippen LogP contribution in [0, 0.1) is 0 Å². The van der Waals surface area contributed by atoms with Crippen LogP contribution in [0.3, 0.4) is 0 Å². The summed E-state index contributed by atoms with van der Waals surface area (Å²) in [7, 11) is 0. The highest BCUT2D eigenvalue weighted by Crippen LogP contribution is 2.40. The molecule has 0 saturated heterocycles. The summed E-state index contributed by atoms with van der Waals surface area (Å²) in [4.78, 5) is 28.5. The molecule has 7 heteroatoms. The van der Waals surface area contributed by atoms with Crippen LogP contribution in [0.15, 0.2) is 52.6 Å². The number of hydrogen-bond donors (Lipinski definition) is 3. The second kappa shape index (κ2) is 7.42. The summed E-state index contributed by atoms with van der Waals surface area (Å²) in [5, 5.41) is 23.9. The van der Waals surface area contributed by atoms with Crippen molar-refractivity contribution in [3.05, 3.63) is 63.8 Å². The van der Waals surface area contributed by atoms with Gasteiger partial charge in [0.05, 0.1) is 6.04 Å². The molecule has 0 radical (unpaired) electrons. The molecule has 4 aromatic rings. The average Bonchev–Trinajstić information content (AvgIpc) is 3.18. The predicted octanol–water partition coefficient (Wildman–Crippen LogP) is 5.95. The Morgan fingerprint density at radius 3 is 2.39 bits per heavy atom. The number of phenols is 1. The van der Waals surface area contributed by atoms with Crippen LogP contribution in [-0.4, -0.2) is 31.7 Å². The lowest BCUT2D eigenvalue weighted by atomic mass is 9.94. The van der Waals surface area contributed by atoms with Gasteiger partial charge in [-0.1, -0.05) is 24.3 Å². The zero-order chi connectivity index (χ0) is 22.5. The molecule has 2 aromatic heterocycles. The zero-order valence-corrected chi connectivity index (χ0v) is 18.6. The first-order chi connectivity index (χ1) is 14.6. The van der Waals surface area contributed by atoms with Crippen LogP contribution >= 0.6 is 11.3 Å². The zero-order valence-electron chi connectivity index (χ0n) is 17.8. The molecule has 0 aliphatic heterocycles. The van der Waals surface area contributed by atoms with Crippen LogP contribution in [0.1, 0.15) is 39.3 Å². The number of carbonyl (C=O) groups is 1. The van der Waals surface area contributed by atoms with E-state index in [0.29, 0.717) is 15.8 Å². The van der Waals surface area contributed by atoms with Gasteiger partial charge in [0.2, 0.25) is 0 Å². The fourth-order valence-corrected chi connectivity index (χ4v) is 5.04. The topological polar surface area (TPSA) is 93.6 Å². The van der Waals surface area contributed by atoms with Crippen molar-refractivity contribution in [3.8, 4) is 16.9 Å². The molecule has 0 aliphatic carbocycles. The van der Waals surface area contributed by atoms with Crippen molar-refractivity contribution in [2.45, 2.75) is 39.3 Å². The standard InChI is InChI=1S/C24H24N2O4S/c1-13(26(23(29)30)24(2,3)4)14-5-7-15(8-6-14)19-18(27)10-9-17-20(19)16-11-12-31-21(16)22(28)25-17/h5-13,27H,1-4H3,(H,25,28)(H,29,30). The van der Waals surface area contributed by atoms with Crippen molar-refractivity contribution in [1.82, 2.24) is 9.88 Å². The average molecular weight is 437 g/mol. The molecule has 2 aromatic carbocycles. The molecule has 1 unspecified atom stereocenters. The molecule has 31 heavy (non-hydrogen) atoms. The molecule has 6 nitrogen and oxygen atoms in total. The highest BCUT2D eigenvalue weighted by atomic mass is 32.1. The maximum absolute atomic E-state index is 12.3. The molecule has 160 valence electrons. The van der Waals surface area contributed by atoms with Crippen molar-refractivity contribution >= 4 is 38.4 Å². The van der Waals surface area contributed by atoms with E-state index in [1.807, 2.05) is 63.4 Å². The number of pyridine rings is 1. The number of H-pyrrole nitrogens is 1. The first-order valence-electron chi connectivity index (χ1n) is 9.97. The summed E-state index contributed by atoms with van der Waals surface area (Å²) in [6.45, 7) is 7.47. The molecule has 0 fully saturated rings. The summed E-state index contributed by atoms with van der Waals surface area (Å²) in [5.74, 6) is 0.120. The lowest BCUT2D eigenvalue weighted by Crippen LogP contribution is -2.46. The third-order valence-corrected chi connectivity index (χ3v) is 6.48. The van der Waals surface area contributed by atoms with Gasteiger partial charge in [0.1, 0.15) is 10.4 Å². The van der Waals surface area contributed by atoms with Crippen molar-refractivity contribution < 1.29 is 15.0 Å². The molecule has 3 N–H and O–H groups in total. The van der Waals surface area contributed by atoms with E-state index in [0.717, 1.165) is 21.9 Å². The molecule has 0 bridgehead atoms. The Hall–Kier alpha value is -3.32. The molecule has 0 saturated carbocycles. The lowest BCUT2D eigenvalue weighted by Gasteiger charge is -2.38. The number of aromatic nitrogens is 1. The number of benzene rings is 2. The maximum Gasteiger partial charge on any atom is 0.408 e. The summed E-state index contributed by atoms with van der Waals surface area (Å²) in [6, 6.07) is 12.4. The second-order valence-corrected chi connectivity index (χ2v) is 9.54. The molecule has 0 spiro atoms. The minimum atomic E-state index is -0.973. The quantitative estimate of drug-likeness (QED) is 0.370. The predicted molar refractivity (Wildman–Crippen MR) is 125 cm³/mol. The number of rotatable bonds is 3. The van der Waals surface area contributed by atoms with Gasteiger partial charge in [0, 0.05) is 27.4 Å². The summed E-state index contributed by atoms with van der Waals surface area (Å²) < 4.78 is 0.617. The van der Waals surface area contributed by atoms with E-state index in [9.17, 15) is 19.8 Å². The number of aromatic amines is 1. The number of amides is 1. The first kappa shape index (κ1) is 20.9. The van der Waals surface area contributed by atoms with Crippen LogP contribution < -0.4 is 5.56 Å². The van der Waals surface area contributed by atoms with E-state index in [1.54, 1.807) is 12.1 Å². The number of thiophene rings is 1. The third kappa shape index (κ3) is 3.55. The Balaban J connectivity index is 1.85. The molecule has 0 aliphatic rings. The van der Waals surface area contributed by atoms with Gasteiger partial charge in [-0.05, 0) is 62.4 Å². The SMILES string of the molecule is CC(c1ccc(-c2c(O)ccc3[nH]c(=O)c4sccc4c23)cc1)N(C(=O)O)C(C)(C)C. The Kier molecular flexibility index (Phi) is 5.01. The molecular weight excluding hydrogens is 412 g/mol. The van der Waals surface area contributed by atoms with Crippen molar-refractivity contribution in [1.29, 1.82) is 0 Å². The van der Waals surface area contributed by atoms with E-state index < -0.39 is 11.6 Å². The fourth-order valence-electron chi connectivity index (χ4n) is 4.24. The number of aromatic hydroxyl groups is 1. The van der Waals surface area contributed by atoms with E-state index in [4.69, 9.17) is 0 Å². The summed E-state index contributed by atoms with van der Waals surface area (Å²) in [5.41, 5.74) is 2.25. The summed E-state index contributed by atoms with van der Waals surface area (Å²) >= 11 is 1.37. The minimum Gasteiger partial charge on any atom is -0.507 e. The highest BCUT2D eigenvalue weighted by Gasteiger charge is 2.31. The van der Waals surface area contributed by atoms with E-state index >= 15 is 0 Å². The number of nitrogens with one attached hydrogen (secondary N) is 1. The normalized spacial score (nSPS) is 12.9. The number of nitrogens with zero attached hydrogens (tertiary/aromatic N) is 1. The molecule has 4 rings (SSSR count). The third-order valence-electron chi connectivity index (χ3n) is 5.57. The molecule has 1 amide bonds. The van der Waals surface area contributed by atoms with Gasteiger partial charge >= 0.3 is 6.09 Å². The Morgan fingerprint density at radius 1 is 1.10 bits per heavy atom. The minimum absolute atomic E-state index is 0.120. The number of phenolic OH excluding ortho intramolecular Hbond substituents is 1. The van der Waals surface area contributed by atoms with Gasteiger partial charge in [-0.15, -0.1) is 11.3 Å². The van der Waals surface area contributed by atoms with Crippen LogP contribution in [0.5, 0.6) is 5.75 Å². The smallest absolute Gasteiger partial charge is 0.408 e. The van der Waals surface area contributed by atoms with Gasteiger partial charge in [0.25, 0.3) is 5.56 Å². The maximum atomic E-state index is 12.3.